The molecule has 2 aliphatic heterocycles. The number of amides is 1. The molecule has 2 atom stereocenters. The lowest BCUT2D eigenvalue weighted by molar-refractivity contribution is -0.192. The Balaban J connectivity index is 0.000000617. The molecule has 3 aromatic rings. The predicted molar refractivity (Wildman–Crippen MR) is 162 cm³/mol. The van der Waals surface area contributed by atoms with Crippen LogP contribution >= 0.6 is 0 Å². The molecule has 5 rings (SSSR count). The molecule has 2 aromatic carbocycles. The van der Waals surface area contributed by atoms with Gasteiger partial charge in [0, 0.05) is 62.5 Å². The number of carbonyl (C=O) groups is 2. The molecule has 1 N–H and O–H groups in total. The first kappa shape index (κ1) is 34.8. The number of benzene rings is 2. The number of halogens is 3. The van der Waals surface area contributed by atoms with Crippen LogP contribution in [0.5, 0.6) is 5.75 Å². The van der Waals surface area contributed by atoms with Gasteiger partial charge in [-0.15, -0.1) is 0 Å². The second-order valence-electron chi connectivity index (χ2n) is 11.4. The molecule has 3 heterocycles. The van der Waals surface area contributed by atoms with Gasteiger partial charge >= 0.3 is 12.1 Å². The van der Waals surface area contributed by atoms with Crippen molar-refractivity contribution in [1.29, 1.82) is 0 Å². The van der Waals surface area contributed by atoms with E-state index in [1.807, 2.05) is 18.7 Å². The van der Waals surface area contributed by atoms with E-state index in [9.17, 15) is 26.4 Å². The van der Waals surface area contributed by atoms with Crippen molar-refractivity contribution < 1.29 is 45.5 Å². The summed E-state index contributed by atoms with van der Waals surface area (Å²) in [6, 6.07) is 12.9. The number of methoxy groups -OCH3 is 1. The van der Waals surface area contributed by atoms with Gasteiger partial charge in [-0.25, -0.2) is 13.2 Å². The Kier molecular flexibility index (Phi) is 10.4. The van der Waals surface area contributed by atoms with E-state index in [-0.39, 0.29) is 29.8 Å². The van der Waals surface area contributed by atoms with E-state index in [0.29, 0.717) is 30.3 Å². The standard InChI is InChI=1S/C29H36N4O5S.C2HF3O2/c1-19-9-10-20(2)27(15-19)31-11-13-32(14-12-31)29(34)26-18-33(17-25(26)28-21(3)30-38-22(28)4)39(35,36)24-8-6-7-23(16-24)37-5;3-2(4,5)1(6)7/h6-10,15-16,25-26H,11-14,17-18H2,1-5H3;(H,6,7)/t25-,26-;/m1./s1. The zero-order valence-corrected chi connectivity index (χ0v) is 27.0. The fraction of sp³-hybridized carbons (Fsp3) is 0.452. The molecule has 0 unspecified atom stereocenters. The Morgan fingerprint density at radius 2 is 1.65 bits per heavy atom. The number of hydrogen-bond acceptors (Lipinski definition) is 8. The van der Waals surface area contributed by atoms with Gasteiger partial charge in [0.1, 0.15) is 11.5 Å². The number of carbonyl (C=O) groups excluding carboxylic acids is 1. The molecule has 0 saturated carbocycles. The van der Waals surface area contributed by atoms with Crippen LogP contribution in [0.25, 0.3) is 0 Å². The van der Waals surface area contributed by atoms with Gasteiger partial charge < -0.3 is 24.2 Å². The van der Waals surface area contributed by atoms with Gasteiger partial charge in [0.05, 0.1) is 23.6 Å². The number of aryl methyl sites for hydroxylation is 4. The second kappa shape index (κ2) is 13.7. The van der Waals surface area contributed by atoms with E-state index in [1.54, 1.807) is 18.2 Å². The van der Waals surface area contributed by atoms with Crippen molar-refractivity contribution in [3.05, 3.63) is 70.6 Å². The monoisotopic (exact) mass is 666 g/mol. The third-order valence-corrected chi connectivity index (χ3v) is 10.1. The van der Waals surface area contributed by atoms with E-state index in [1.165, 1.54) is 34.3 Å². The van der Waals surface area contributed by atoms with Crippen LogP contribution in [0.4, 0.5) is 18.9 Å². The van der Waals surface area contributed by atoms with Gasteiger partial charge in [-0.2, -0.15) is 17.5 Å². The second-order valence-corrected chi connectivity index (χ2v) is 13.3. The summed E-state index contributed by atoms with van der Waals surface area (Å²) >= 11 is 0. The number of carboxylic acid groups (broad SMARTS) is 1. The van der Waals surface area contributed by atoms with Crippen molar-refractivity contribution in [2.24, 2.45) is 5.92 Å². The summed E-state index contributed by atoms with van der Waals surface area (Å²) < 4.78 is 71.2. The van der Waals surface area contributed by atoms with E-state index in [4.69, 9.17) is 19.2 Å². The first-order valence-corrected chi connectivity index (χ1v) is 16.0. The van der Waals surface area contributed by atoms with Crippen molar-refractivity contribution in [3.63, 3.8) is 0 Å². The third-order valence-electron chi connectivity index (χ3n) is 8.28. The Hall–Kier alpha value is -4.11. The number of hydrogen-bond donors (Lipinski definition) is 1. The van der Waals surface area contributed by atoms with Crippen LogP contribution in [0, 0.1) is 33.6 Å². The normalized spacial score (nSPS) is 19.0. The minimum absolute atomic E-state index is 0.0241. The van der Waals surface area contributed by atoms with Gasteiger partial charge in [-0.05, 0) is 57.0 Å². The molecule has 11 nitrogen and oxygen atoms in total. The average molecular weight is 667 g/mol. The van der Waals surface area contributed by atoms with Crippen LogP contribution in [-0.4, -0.2) is 92.3 Å². The highest BCUT2D eigenvalue weighted by Crippen LogP contribution is 2.40. The number of aliphatic carboxylic acids is 1. The molecular weight excluding hydrogens is 629 g/mol. The molecule has 0 radical (unpaired) electrons. The van der Waals surface area contributed by atoms with E-state index in [2.05, 4.69) is 42.1 Å². The molecule has 2 aliphatic rings. The van der Waals surface area contributed by atoms with Crippen LogP contribution in [0.15, 0.2) is 51.9 Å². The Morgan fingerprint density at radius 3 is 2.22 bits per heavy atom. The maximum atomic E-state index is 14.0. The Labute approximate surface area is 265 Å². The van der Waals surface area contributed by atoms with Gasteiger partial charge in [-0.3, -0.25) is 4.79 Å². The Morgan fingerprint density at radius 1 is 1.00 bits per heavy atom. The smallest absolute Gasteiger partial charge is 0.490 e. The highest BCUT2D eigenvalue weighted by atomic mass is 32.2. The number of anilines is 1. The summed E-state index contributed by atoms with van der Waals surface area (Å²) in [5, 5.41) is 11.2. The summed E-state index contributed by atoms with van der Waals surface area (Å²) in [6.45, 7) is 10.8. The first-order valence-electron chi connectivity index (χ1n) is 14.5. The number of piperazine rings is 1. The van der Waals surface area contributed by atoms with E-state index < -0.39 is 28.1 Å². The van der Waals surface area contributed by atoms with Crippen molar-refractivity contribution in [2.45, 2.75) is 44.7 Å². The van der Waals surface area contributed by atoms with E-state index >= 15 is 0 Å². The van der Waals surface area contributed by atoms with Crippen molar-refractivity contribution >= 4 is 27.6 Å². The number of ether oxygens (including phenoxy) is 1. The molecule has 46 heavy (non-hydrogen) atoms. The maximum absolute atomic E-state index is 14.0. The van der Waals surface area contributed by atoms with Crippen LogP contribution in [0.3, 0.4) is 0 Å². The zero-order valence-electron chi connectivity index (χ0n) is 26.2. The average Bonchev–Trinajstić information content (AvgIpc) is 3.60. The third kappa shape index (κ3) is 7.47. The zero-order chi connectivity index (χ0) is 34.0. The predicted octanol–water partition coefficient (Wildman–Crippen LogP) is 4.30. The number of alkyl halides is 3. The molecule has 0 aliphatic carbocycles. The molecule has 1 amide bonds. The van der Waals surface area contributed by atoms with Crippen molar-refractivity contribution in [3.8, 4) is 5.75 Å². The molecule has 250 valence electrons. The topological polar surface area (TPSA) is 133 Å². The lowest BCUT2D eigenvalue weighted by Gasteiger charge is -2.38. The Bertz CT molecular complexity index is 1670. The largest absolute Gasteiger partial charge is 0.497 e. The minimum atomic E-state index is -5.08. The summed E-state index contributed by atoms with van der Waals surface area (Å²) in [6.07, 6.45) is -5.08. The number of rotatable bonds is 6. The lowest BCUT2D eigenvalue weighted by atomic mass is 9.86. The van der Waals surface area contributed by atoms with Crippen molar-refractivity contribution in [2.75, 3.05) is 51.3 Å². The molecule has 0 bridgehead atoms. The number of carboxylic acids is 1. The van der Waals surface area contributed by atoms with E-state index in [0.717, 1.165) is 18.7 Å². The lowest BCUT2D eigenvalue weighted by Crippen LogP contribution is -2.51. The van der Waals surface area contributed by atoms with Crippen LogP contribution < -0.4 is 9.64 Å². The summed E-state index contributed by atoms with van der Waals surface area (Å²) in [5.74, 6) is -2.57. The number of nitrogens with zero attached hydrogens (tertiary/aromatic N) is 4. The summed E-state index contributed by atoms with van der Waals surface area (Å²) in [4.78, 5) is 27.3. The molecule has 1 aromatic heterocycles. The quantitative estimate of drug-likeness (QED) is 0.409. The fourth-order valence-corrected chi connectivity index (χ4v) is 7.43. The van der Waals surface area contributed by atoms with Crippen LogP contribution in [0.2, 0.25) is 0 Å². The van der Waals surface area contributed by atoms with Crippen molar-refractivity contribution in [1.82, 2.24) is 14.4 Å². The number of sulfonamides is 1. The SMILES string of the molecule is COc1cccc(S(=O)(=O)N2C[C@@H](C(=O)N3CCN(c4cc(C)ccc4C)CC3)[C@H](c3c(C)noc3C)C2)c1.O=C(O)C(F)(F)F. The molecule has 15 heteroatoms. The molecule has 2 fully saturated rings. The summed E-state index contributed by atoms with van der Waals surface area (Å²) in [7, 11) is -2.34. The fourth-order valence-electron chi connectivity index (χ4n) is 5.90. The van der Waals surface area contributed by atoms with Crippen LogP contribution in [0.1, 0.15) is 34.1 Å². The molecule has 0 spiro atoms. The van der Waals surface area contributed by atoms with Gasteiger partial charge in [0.25, 0.3) is 0 Å². The highest BCUT2D eigenvalue weighted by Gasteiger charge is 2.47. The maximum Gasteiger partial charge on any atom is 0.490 e. The van der Waals surface area contributed by atoms with Gasteiger partial charge in [-0.1, -0.05) is 23.4 Å². The number of aromatic nitrogens is 1. The van der Waals surface area contributed by atoms with Gasteiger partial charge in [0.15, 0.2) is 0 Å². The molecular formula is C31H37F3N4O7S. The highest BCUT2D eigenvalue weighted by molar-refractivity contribution is 7.89. The minimum Gasteiger partial charge on any atom is -0.497 e. The van der Waals surface area contributed by atoms with Gasteiger partial charge in [0.2, 0.25) is 15.9 Å². The summed E-state index contributed by atoms with van der Waals surface area (Å²) in [5.41, 5.74) is 5.14. The van der Waals surface area contributed by atoms with Crippen LogP contribution in [-0.2, 0) is 19.6 Å². The molecule has 2 saturated heterocycles. The first-order chi connectivity index (χ1) is 21.5.